The zero-order chi connectivity index (χ0) is 19.9. The lowest BCUT2D eigenvalue weighted by Crippen LogP contribution is -2.58. The second kappa shape index (κ2) is 7.41. The van der Waals surface area contributed by atoms with Crippen LogP contribution < -0.4 is 10.2 Å². The molecule has 0 radical (unpaired) electrons. The van der Waals surface area contributed by atoms with Crippen molar-refractivity contribution in [3.63, 3.8) is 0 Å². The molecule has 1 N–H and O–H groups in total. The van der Waals surface area contributed by atoms with E-state index in [0.29, 0.717) is 28.8 Å². The van der Waals surface area contributed by atoms with Gasteiger partial charge in [0.2, 0.25) is 5.91 Å². The topological polar surface area (TPSA) is 67.2 Å². The van der Waals surface area contributed by atoms with Gasteiger partial charge in [-0.1, -0.05) is 35.7 Å². The first kappa shape index (κ1) is 19.3. The van der Waals surface area contributed by atoms with Crippen molar-refractivity contribution in [2.45, 2.75) is 43.6 Å². The molecule has 4 rings (SSSR count). The van der Waals surface area contributed by atoms with E-state index < -0.39 is 11.5 Å². The Labute approximate surface area is 173 Å². The minimum absolute atomic E-state index is 0.109. The monoisotopic (exact) mass is 420 g/mol. The molecule has 1 aromatic carbocycles. The summed E-state index contributed by atoms with van der Waals surface area (Å²) in [4.78, 5) is 27.8. The number of rotatable bonds is 4. The maximum Gasteiger partial charge on any atom is 0.250 e. The standard InChI is InChI=1S/C20H22Cl2N4O2/c1-25-11-7-17(24-25)26-10-2-4-16(18(26)27)23-19(28)20(8-3-9-20)13-5-6-14(21)15(22)12-13/h5-7,11-12,16H,2-4,8-10H2,1H3,(H,23,28). The van der Waals surface area contributed by atoms with Gasteiger partial charge < -0.3 is 5.32 Å². The molecule has 1 atom stereocenters. The molecule has 28 heavy (non-hydrogen) atoms. The predicted octanol–water partition coefficient (Wildman–Crippen LogP) is 3.46. The summed E-state index contributed by atoms with van der Waals surface area (Å²) in [5, 5.41) is 8.24. The van der Waals surface area contributed by atoms with E-state index >= 15 is 0 Å². The number of anilines is 1. The number of aromatic nitrogens is 2. The molecule has 1 saturated carbocycles. The van der Waals surface area contributed by atoms with Crippen LogP contribution in [0.3, 0.4) is 0 Å². The van der Waals surface area contributed by atoms with Gasteiger partial charge in [0.1, 0.15) is 6.04 Å². The number of carbonyl (C=O) groups excluding carboxylic acids is 2. The third kappa shape index (κ3) is 3.29. The SMILES string of the molecule is Cn1ccc(N2CCCC(NC(=O)C3(c4ccc(Cl)c(Cl)c4)CCC3)C2=O)n1. The molecule has 6 nitrogen and oxygen atoms in total. The summed E-state index contributed by atoms with van der Waals surface area (Å²) in [6, 6.07) is 6.62. The number of piperidine rings is 1. The number of carbonyl (C=O) groups is 2. The van der Waals surface area contributed by atoms with Crippen molar-refractivity contribution < 1.29 is 9.59 Å². The second-order valence-electron chi connectivity index (χ2n) is 7.57. The molecule has 2 aromatic rings. The minimum Gasteiger partial charge on any atom is -0.344 e. The van der Waals surface area contributed by atoms with Crippen molar-refractivity contribution in [2.75, 3.05) is 11.4 Å². The Morgan fingerprint density at radius 1 is 1.21 bits per heavy atom. The zero-order valence-electron chi connectivity index (χ0n) is 15.6. The van der Waals surface area contributed by atoms with Crippen LogP contribution in [0, 0.1) is 0 Å². The Hall–Kier alpha value is -2.05. The maximum absolute atomic E-state index is 13.2. The first-order chi connectivity index (χ1) is 13.4. The van der Waals surface area contributed by atoms with Gasteiger partial charge in [-0.3, -0.25) is 19.2 Å². The molecule has 1 unspecified atom stereocenters. The van der Waals surface area contributed by atoms with Crippen LogP contribution in [0.25, 0.3) is 0 Å². The molecule has 148 valence electrons. The fourth-order valence-corrected chi connectivity index (χ4v) is 4.35. The van der Waals surface area contributed by atoms with Gasteiger partial charge in [0.15, 0.2) is 5.82 Å². The number of nitrogens with zero attached hydrogens (tertiary/aromatic N) is 3. The van der Waals surface area contributed by atoms with E-state index in [1.165, 1.54) is 0 Å². The molecule has 8 heteroatoms. The van der Waals surface area contributed by atoms with Gasteiger partial charge in [-0.2, -0.15) is 5.10 Å². The van der Waals surface area contributed by atoms with Gasteiger partial charge in [-0.25, -0.2) is 0 Å². The quantitative estimate of drug-likeness (QED) is 0.823. The Morgan fingerprint density at radius 2 is 2.00 bits per heavy atom. The molecule has 2 aliphatic rings. The number of hydrogen-bond acceptors (Lipinski definition) is 3. The third-order valence-corrected chi connectivity index (χ3v) is 6.57. The second-order valence-corrected chi connectivity index (χ2v) is 8.38. The van der Waals surface area contributed by atoms with Crippen molar-refractivity contribution in [3.05, 3.63) is 46.1 Å². The average Bonchev–Trinajstić information content (AvgIpc) is 3.05. The van der Waals surface area contributed by atoms with Gasteiger partial charge in [0.25, 0.3) is 5.91 Å². The van der Waals surface area contributed by atoms with Gasteiger partial charge in [-0.05, 0) is 43.4 Å². The van der Waals surface area contributed by atoms with E-state index in [4.69, 9.17) is 23.2 Å². The van der Waals surface area contributed by atoms with E-state index in [-0.39, 0.29) is 11.8 Å². The van der Waals surface area contributed by atoms with Crippen LogP contribution in [-0.2, 0) is 22.1 Å². The number of aryl methyl sites for hydroxylation is 1. The number of benzene rings is 1. The van der Waals surface area contributed by atoms with E-state index in [1.54, 1.807) is 27.9 Å². The summed E-state index contributed by atoms with van der Waals surface area (Å²) in [7, 11) is 1.81. The molecule has 0 spiro atoms. The summed E-state index contributed by atoms with van der Waals surface area (Å²) >= 11 is 12.2. The fraction of sp³-hybridized carbons (Fsp3) is 0.450. The van der Waals surface area contributed by atoms with Gasteiger partial charge >= 0.3 is 0 Å². The Balaban J connectivity index is 1.53. The molecule has 1 aromatic heterocycles. The van der Waals surface area contributed by atoms with E-state index in [9.17, 15) is 9.59 Å². The third-order valence-electron chi connectivity index (χ3n) is 5.83. The van der Waals surface area contributed by atoms with Crippen LogP contribution in [-0.4, -0.2) is 34.2 Å². The number of halogens is 2. The Morgan fingerprint density at radius 3 is 2.61 bits per heavy atom. The van der Waals surface area contributed by atoms with E-state index in [0.717, 1.165) is 31.2 Å². The normalized spacial score (nSPS) is 21.3. The lowest BCUT2D eigenvalue weighted by atomic mass is 9.63. The highest BCUT2D eigenvalue weighted by Crippen LogP contribution is 2.45. The smallest absolute Gasteiger partial charge is 0.250 e. The highest BCUT2D eigenvalue weighted by molar-refractivity contribution is 6.42. The molecule has 2 amide bonds. The van der Waals surface area contributed by atoms with Crippen LogP contribution in [0.15, 0.2) is 30.5 Å². The molecule has 1 aliphatic heterocycles. The molecule has 1 aliphatic carbocycles. The average molecular weight is 421 g/mol. The van der Waals surface area contributed by atoms with Gasteiger partial charge in [-0.15, -0.1) is 0 Å². The summed E-state index contributed by atoms with van der Waals surface area (Å²) < 4.78 is 1.67. The Bertz CT molecular complexity index is 923. The number of amides is 2. The molecule has 0 bridgehead atoms. The van der Waals surface area contributed by atoms with Crippen molar-refractivity contribution in [3.8, 4) is 0 Å². The minimum atomic E-state index is -0.637. The van der Waals surface area contributed by atoms with E-state index in [2.05, 4.69) is 10.4 Å². The van der Waals surface area contributed by atoms with Crippen LogP contribution in [0.5, 0.6) is 0 Å². The molecule has 1 saturated heterocycles. The fourth-order valence-electron chi connectivity index (χ4n) is 4.05. The first-order valence-corrected chi connectivity index (χ1v) is 10.2. The summed E-state index contributed by atoms with van der Waals surface area (Å²) in [6.45, 7) is 0.611. The van der Waals surface area contributed by atoms with Gasteiger partial charge in [0, 0.05) is 25.9 Å². The van der Waals surface area contributed by atoms with Crippen LogP contribution in [0.1, 0.15) is 37.7 Å². The summed E-state index contributed by atoms with van der Waals surface area (Å²) in [5.41, 5.74) is 0.220. The Kier molecular flexibility index (Phi) is 5.10. The van der Waals surface area contributed by atoms with Crippen molar-refractivity contribution in [1.29, 1.82) is 0 Å². The molecular weight excluding hydrogens is 399 g/mol. The van der Waals surface area contributed by atoms with Gasteiger partial charge in [0.05, 0.1) is 15.5 Å². The predicted molar refractivity (Wildman–Crippen MR) is 109 cm³/mol. The lowest BCUT2D eigenvalue weighted by molar-refractivity contribution is -0.134. The number of nitrogens with one attached hydrogen (secondary N) is 1. The molecule has 2 heterocycles. The lowest BCUT2D eigenvalue weighted by Gasteiger charge is -2.42. The highest BCUT2D eigenvalue weighted by Gasteiger charge is 2.47. The molecular formula is C20H22Cl2N4O2. The van der Waals surface area contributed by atoms with Crippen LogP contribution >= 0.6 is 23.2 Å². The first-order valence-electron chi connectivity index (χ1n) is 9.48. The van der Waals surface area contributed by atoms with E-state index in [1.807, 2.05) is 19.2 Å². The zero-order valence-corrected chi connectivity index (χ0v) is 17.1. The number of hydrogen-bond donors (Lipinski definition) is 1. The van der Waals surface area contributed by atoms with Crippen molar-refractivity contribution in [1.82, 2.24) is 15.1 Å². The van der Waals surface area contributed by atoms with Crippen molar-refractivity contribution >= 4 is 40.8 Å². The van der Waals surface area contributed by atoms with Crippen LogP contribution in [0.2, 0.25) is 10.0 Å². The van der Waals surface area contributed by atoms with Crippen molar-refractivity contribution in [2.24, 2.45) is 7.05 Å². The maximum atomic E-state index is 13.2. The summed E-state index contributed by atoms with van der Waals surface area (Å²) in [6.07, 6.45) is 5.69. The largest absolute Gasteiger partial charge is 0.344 e. The molecule has 2 fully saturated rings. The van der Waals surface area contributed by atoms with Crippen LogP contribution in [0.4, 0.5) is 5.82 Å². The highest BCUT2D eigenvalue weighted by atomic mass is 35.5. The summed E-state index contributed by atoms with van der Waals surface area (Å²) in [5.74, 6) is 0.398.